The van der Waals surface area contributed by atoms with Crippen molar-refractivity contribution < 1.29 is 16.8 Å². The van der Waals surface area contributed by atoms with Gasteiger partial charge in [-0.05, 0) is 12.8 Å². The van der Waals surface area contributed by atoms with E-state index in [1.54, 1.807) is 12.2 Å². The highest BCUT2D eigenvalue weighted by Gasteiger charge is 1.88. The van der Waals surface area contributed by atoms with Crippen molar-refractivity contribution >= 4 is 5.97 Å². The summed E-state index contributed by atoms with van der Waals surface area (Å²) >= 11 is 0. The van der Waals surface area contributed by atoms with Crippen LogP contribution in [0.25, 0.3) is 0 Å². The van der Waals surface area contributed by atoms with Crippen LogP contribution in [0, 0.1) is 0 Å². The fourth-order valence-corrected chi connectivity index (χ4v) is 1.88. The summed E-state index contributed by atoms with van der Waals surface area (Å²) in [5.41, 5.74) is 0. The van der Waals surface area contributed by atoms with Gasteiger partial charge in [-0.25, -0.2) is 4.79 Å². The van der Waals surface area contributed by atoms with Crippen LogP contribution in [0.2, 0.25) is 0 Å². The molecule has 0 atom stereocenters. The second-order valence-electron chi connectivity index (χ2n) is 5.22. The molecule has 0 saturated heterocycles. The van der Waals surface area contributed by atoms with Crippen LogP contribution >= 0.6 is 0 Å². The first kappa shape index (κ1) is 14.3. The standard InChI is InChI=1S/C22H32O2/c1-2-3-4-5-6-7-8-9-10-11-12-13-14-15-16-17-18-19-20-21-22(23)24/h10-21H,2-9H2,1H3,(H,23,24)/i17D,18D,19D,20D,21D. The van der Waals surface area contributed by atoms with E-state index in [0.29, 0.717) is 0 Å². The normalized spacial score (nSPS) is 18.0. The second-order valence-corrected chi connectivity index (χ2v) is 5.22. The van der Waals surface area contributed by atoms with Crippen LogP contribution in [0.4, 0.5) is 0 Å². The third-order valence-electron chi connectivity index (χ3n) is 3.10. The molecule has 0 aliphatic rings. The van der Waals surface area contributed by atoms with E-state index in [-0.39, 0.29) is 6.05 Å². The van der Waals surface area contributed by atoms with Gasteiger partial charge in [0.15, 0.2) is 0 Å². The molecule has 0 radical (unpaired) electrons. The molecule has 0 aliphatic heterocycles. The molecule has 0 rings (SSSR count). The van der Waals surface area contributed by atoms with Crippen LogP contribution in [0.1, 0.15) is 65.1 Å². The van der Waals surface area contributed by atoms with E-state index in [1.807, 2.05) is 12.2 Å². The van der Waals surface area contributed by atoms with Gasteiger partial charge in [-0.3, -0.25) is 0 Å². The fourth-order valence-electron chi connectivity index (χ4n) is 1.88. The molecule has 0 aromatic rings. The summed E-state index contributed by atoms with van der Waals surface area (Å²) in [7, 11) is 0. The maximum atomic E-state index is 10.6. The summed E-state index contributed by atoms with van der Waals surface area (Å²) in [6.45, 7) is 2.22. The molecule has 0 aromatic carbocycles. The highest BCUT2D eigenvalue weighted by Crippen LogP contribution is 2.08. The minimum absolute atomic E-state index is 0.336. The topological polar surface area (TPSA) is 37.3 Å². The maximum Gasteiger partial charge on any atom is 0.328 e. The van der Waals surface area contributed by atoms with Crippen LogP contribution in [-0.2, 0) is 4.79 Å². The van der Waals surface area contributed by atoms with Crippen molar-refractivity contribution in [3.63, 3.8) is 0 Å². The number of aliphatic carboxylic acids is 1. The van der Waals surface area contributed by atoms with Crippen LogP contribution in [0.15, 0.2) is 72.8 Å². The van der Waals surface area contributed by atoms with Crippen LogP contribution in [0.3, 0.4) is 0 Å². The van der Waals surface area contributed by atoms with E-state index in [1.165, 1.54) is 57.1 Å². The van der Waals surface area contributed by atoms with Crippen molar-refractivity contribution in [1.82, 2.24) is 0 Å². The van der Waals surface area contributed by atoms with Gasteiger partial charge in [0.05, 0.1) is 6.85 Å². The quantitative estimate of drug-likeness (QED) is 0.222. The van der Waals surface area contributed by atoms with Crippen molar-refractivity contribution in [3.05, 3.63) is 72.8 Å². The number of hydrogen-bond acceptors (Lipinski definition) is 1. The molecule has 0 unspecified atom stereocenters. The molecule has 0 amide bonds. The summed E-state index contributed by atoms with van der Waals surface area (Å²) in [4.78, 5) is 10.6. The van der Waals surface area contributed by atoms with Crippen molar-refractivity contribution in [2.45, 2.75) is 58.3 Å². The average molecular weight is 334 g/mol. The number of carbonyl (C=O) groups is 1. The number of hydrogen-bond donors (Lipinski definition) is 1. The molecule has 0 saturated carbocycles. The summed E-state index contributed by atoms with van der Waals surface area (Å²) in [6.07, 6.45) is 22.3. The smallest absolute Gasteiger partial charge is 0.328 e. The third-order valence-corrected chi connectivity index (χ3v) is 3.10. The van der Waals surface area contributed by atoms with Crippen LogP contribution < -0.4 is 0 Å². The maximum absolute atomic E-state index is 10.6. The first-order chi connectivity index (χ1) is 13.8. The lowest BCUT2D eigenvalue weighted by atomic mass is 10.1. The van der Waals surface area contributed by atoms with Crippen molar-refractivity contribution in [2.75, 3.05) is 0 Å². The average Bonchev–Trinajstić information content (AvgIpc) is 2.71. The molecule has 24 heavy (non-hydrogen) atoms. The van der Waals surface area contributed by atoms with Crippen LogP contribution in [-0.4, -0.2) is 11.1 Å². The van der Waals surface area contributed by atoms with Crippen molar-refractivity contribution in [1.29, 1.82) is 0 Å². The fraction of sp³-hybridized carbons (Fsp3) is 0.409. The lowest BCUT2D eigenvalue weighted by molar-refractivity contribution is -0.131. The van der Waals surface area contributed by atoms with E-state index >= 15 is 0 Å². The zero-order valence-electron chi connectivity index (χ0n) is 19.6. The van der Waals surface area contributed by atoms with E-state index < -0.39 is 30.2 Å². The molecule has 0 aromatic heterocycles. The Morgan fingerprint density at radius 1 is 0.792 bits per heavy atom. The van der Waals surface area contributed by atoms with Gasteiger partial charge in [0, 0.05) is 6.05 Å². The Morgan fingerprint density at radius 3 is 2.08 bits per heavy atom. The van der Waals surface area contributed by atoms with E-state index in [2.05, 4.69) is 13.0 Å². The molecular weight excluding hydrogens is 296 g/mol. The minimum atomic E-state index is -1.65. The molecular formula is C22H32O2. The first-order valence-electron chi connectivity index (χ1n) is 11.1. The van der Waals surface area contributed by atoms with Gasteiger partial charge in [0.25, 0.3) is 0 Å². The Balaban J connectivity index is 4.39. The predicted molar refractivity (Wildman–Crippen MR) is 105 cm³/mol. The van der Waals surface area contributed by atoms with Gasteiger partial charge >= 0.3 is 5.97 Å². The Morgan fingerprint density at radius 2 is 1.38 bits per heavy atom. The highest BCUT2D eigenvalue weighted by atomic mass is 16.4. The molecule has 2 heteroatoms. The number of carboxylic acids is 1. The zero-order chi connectivity index (χ0) is 22.1. The Kier molecular flexibility index (Phi) is 11.3. The van der Waals surface area contributed by atoms with Gasteiger partial charge in [0.2, 0.25) is 0 Å². The molecule has 2 nitrogen and oxygen atoms in total. The summed E-state index contributed by atoms with van der Waals surface area (Å²) < 4.78 is 37.5. The van der Waals surface area contributed by atoms with E-state index in [4.69, 9.17) is 12.0 Å². The van der Waals surface area contributed by atoms with Gasteiger partial charge in [0.1, 0.15) is 0 Å². The van der Waals surface area contributed by atoms with E-state index in [9.17, 15) is 4.79 Å². The molecule has 132 valence electrons. The molecule has 1 N–H and O–H groups in total. The van der Waals surface area contributed by atoms with Crippen LogP contribution in [0.5, 0.6) is 0 Å². The molecule has 0 aliphatic carbocycles. The third kappa shape index (κ3) is 19.9. The second kappa shape index (κ2) is 19.0. The lowest BCUT2D eigenvalue weighted by Gasteiger charge is -1.98. The monoisotopic (exact) mass is 333 g/mol. The lowest BCUT2D eigenvalue weighted by Crippen LogP contribution is -1.84. The molecule has 0 heterocycles. The summed E-state index contributed by atoms with van der Waals surface area (Å²) in [5, 5.41) is 8.65. The number of unbranched alkanes of at least 4 members (excludes halogenated alkanes) is 7. The minimum Gasteiger partial charge on any atom is -0.478 e. The Bertz CT molecular complexity index is 685. The predicted octanol–water partition coefficient (Wildman–Crippen LogP) is 6.55. The number of carboxylic acid groups (broad SMARTS) is 1. The zero-order valence-corrected chi connectivity index (χ0v) is 14.6. The Hall–Kier alpha value is -2.09. The van der Waals surface area contributed by atoms with Crippen molar-refractivity contribution in [3.8, 4) is 0 Å². The molecule has 0 fully saturated rings. The summed E-state index contributed by atoms with van der Waals surface area (Å²) in [6, 6.07) is -3.68. The SMILES string of the molecule is [2H]C(=CC=CC=CC=CCCCCCCCCC)C([2H])=C([2H])C([2H])=C([2H])C(=O)O. The number of rotatable bonds is 14. The van der Waals surface area contributed by atoms with Gasteiger partial charge in [-0.2, -0.15) is 0 Å². The Labute approximate surface area is 154 Å². The van der Waals surface area contributed by atoms with Gasteiger partial charge < -0.3 is 5.11 Å². The summed E-state index contributed by atoms with van der Waals surface area (Å²) in [5.74, 6) is -1.65. The highest BCUT2D eigenvalue weighted by molar-refractivity contribution is 5.80. The van der Waals surface area contributed by atoms with Gasteiger partial charge in [-0.15, -0.1) is 0 Å². The number of allylic oxidation sites excluding steroid dienone is 11. The van der Waals surface area contributed by atoms with E-state index in [0.717, 1.165) is 6.42 Å². The first-order valence-corrected chi connectivity index (χ1v) is 8.58. The largest absolute Gasteiger partial charge is 0.478 e. The van der Waals surface area contributed by atoms with Gasteiger partial charge in [-0.1, -0.05) is 112 Å². The molecule has 0 bridgehead atoms. The van der Waals surface area contributed by atoms with Crippen molar-refractivity contribution in [2.24, 2.45) is 0 Å². The molecule has 0 spiro atoms.